The number of carboxylic acid groups (broad SMARTS) is 1. The molecule has 5 heteroatoms. The standard InChI is InChI=1S/C27H29FO4.C4H10/c1-27(2,3)24-12-7-19(15-22(24)23-16-21(31-4)11-13-25(23)28)17-32-20-9-5-18(6-10-20)8-14-26(29)30;1-4(2)3/h5-7,9-13,15-16H,8,14,17H2,1-4H3,(H,29,30);4H,1-3H3. The van der Waals surface area contributed by atoms with E-state index in [1.807, 2.05) is 42.5 Å². The molecule has 0 saturated carbocycles. The molecule has 0 unspecified atom stereocenters. The molecule has 4 nitrogen and oxygen atoms in total. The molecule has 3 aromatic carbocycles. The van der Waals surface area contributed by atoms with Gasteiger partial charge in [-0.05, 0) is 76.4 Å². The van der Waals surface area contributed by atoms with E-state index in [9.17, 15) is 9.18 Å². The highest BCUT2D eigenvalue weighted by Gasteiger charge is 2.21. The molecule has 0 radical (unpaired) electrons. The van der Waals surface area contributed by atoms with Crippen LogP contribution in [0.4, 0.5) is 4.39 Å². The van der Waals surface area contributed by atoms with Crippen LogP contribution in [-0.4, -0.2) is 18.2 Å². The van der Waals surface area contributed by atoms with Gasteiger partial charge in [-0.25, -0.2) is 4.39 Å². The predicted molar refractivity (Wildman–Crippen MR) is 144 cm³/mol. The van der Waals surface area contributed by atoms with Crippen molar-refractivity contribution in [2.45, 2.75) is 66.4 Å². The van der Waals surface area contributed by atoms with Crippen molar-refractivity contribution >= 4 is 5.97 Å². The van der Waals surface area contributed by atoms with Crippen molar-refractivity contribution in [3.63, 3.8) is 0 Å². The summed E-state index contributed by atoms with van der Waals surface area (Å²) in [6.45, 7) is 13.1. The molecular weight excluding hydrogens is 455 g/mol. The number of hydrogen-bond donors (Lipinski definition) is 1. The maximum Gasteiger partial charge on any atom is 0.303 e. The van der Waals surface area contributed by atoms with E-state index in [0.717, 1.165) is 28.2 Å². The molecular formula is C31H39FO4. The van der Waals surface area contributed by atoms with Crippen LogP contribution < -0.4 is 9.47 Å². The first-order chi connectivity index (χ1) is 16.9. The van der Waals surface area contributed by atoms with Crippen molar-refractivity contribution in [1.82, 2.24) is 0 Å². The van der Waals surface area contributed by atoms with Gasteiger partial charge in [0, 0.05) is 12.0 Å². The third-order valence-corrected chi connectivity index (χ3v) is 5.31. The monoisotopic (exact) mass is 494 g/mol. The largest absolute Gasteiger partial charge is 0.497 e. The Hall–Kier alpha value is -3.34. The summed E-state index contributed by atoms with van der Waals surface area (Å²) in [5.74, 6) is 1.02. The quantitative estimate of drug-likeness (QED) is 0.344. The summed E-state index contributed by atoms with van der Waals surface area (Å²) in [4.78, 5) is 10.7. The van der Waals surface area contributed by atoms with E-state index < -0.39 is 5.97 Å². The topological polar surface area (TPSA) is 55.8 Å². The number of hydrogen-bond acceptors (Lipinski definition) is 3. The van der Waals surface area contributed by atoms with E-state index in [0.29, 0.717) is 30.1 Å². The molecule has 0 aliphatic heterocycles. The average Bonchev–Trinajstić information content (AvgIpc) is 2.81. The Morgan fingerprint density at radius 2 is 1.47 bits per heavy atom. The van der Waals surface area contributed by atoms with Gasteiger partial charge in [-0.2, -0.15) is 0 Å². The third kappa shape index (κ3) is 9.03. The lowest BCUT2D eigenvalue weighted by Gasteiger charge is -2.24. The third-order valence-electron chi connectivity index (χ3n) is 5.31. The van der Waals surface area contributed by atoms with E-state index in [2.05, 4.69) is 41.5 Å². The normalized spacial score (nSPS) is 11.0. The highest BCUT2D eigenvalue weighted by Crippen LogP contribution is 2.36. The number of halogens is 1. The summed E-state index contributed by atoms with van der Waals surface area (Å²) in [5, 5.41) is 8.81. The van der Waals surface area contributed by atoms with Gasteiger partial charge in [0.2, 0.25) is 0 Å². The fourth-order valence-corrected chi connectivity index (χ4v) is 3.57. The molecule has 0 aromatic heterocycles. The Balaban J connectivity index is 0.00000106. The molecule has 1 N–H and O–H groups in total. The van der Waals surface area contributed by atoms with E-state index in [1.54, 1.807) is 19.2 Å². The molecule has 36 heavy (non-hydrogen) atoms. The first-order valence-corrected chi connectivity index (χ1v) is 12.3. The summed E-state index contributed by atoms with van der Waals surface area (Å²) in [7, 11) is 1.57. The van der Waals surface area contributed by atoms with Crippen molar-refractivity contribution < 1.29 is 23.8 Å². The zero-order valence-electron chi connectivity index (χ0n) is 22.5. The summed E-state index contributed by atoms with van der Waals surface area (Å²) in [6, 6.07) is 18.2. The highest BCUT2D eigenvalue weighted by atomic mass is 19.1. The van der Waals surface area contributed by atoms with Crippen LogP contribution in [0.1, 0.15) is 64.7 Å². The summed E-state index contributed by atoms with van der Waals surface area (Å²) in [6.07, 6.45) is 0.587. The number of aryl methyl sites for hydroxylation is 1. The molecule has 0 fully saturated rings. The molecule has 0 atom stereocenters. The van der Waals surface area contributed by atoms with Gasteiger partial charge in [0.1, 0.15) is 23.9 Å². The van der Waals surface area contributed by atoms with Crippen molar-refractivity contribution in [2.24, 2.45) is 5.92 Å². The lowest BCUT2D eigenvalue weighted by Crippen LogP contribution is -2.13. The first-order valence-electron chi connectivity index (χ1n) is 12.3. The minimum Gasteiger partial charge on any atom is -0.497 e. The Labute approximate surface area is 215 Å². The minimum absolute atomic E-state index is 0.101. The number of carbonyl (C=O) groups is 1. The SMILES string of the molecule is CC(C)C.COc1ccc(F)c(-c2cc(COc3ccc(CCC(=O)O)cc3)ccc2C(C)(C)C)c1. The lowest BCUT2D eigenvalue weighted by molar-refractivity contribution is -0.136. The van der Waals surface area contributed by atoms with Crippen LogP contribution in [0, 0.1) is 11.7 Å². The maximum atomic E-state index is 14.8. The molecule has 194 valence electrons. The Morgan fingerprint density at radius 3 is 2.03 bits per heavy atom. The molecule has 3 aromatic rings. The predicted octanol–water partition coefficient (Wildman–Crippen LogP) is 8.06. The summed E-state index contributed by atoms with van der Waals surface area (Å²) < 4.78 is 26.0. The maximum absolute atomic E-state index is 14.8. The molecule has 0 aliphatic carbocycles. The molecule has 0 spiro atoms. The van der Waals surface area contributed by atoms with Gasteiger partial charge in [0.25, 0.3) is 0 Å². The molecule has 3 rings (SSSR count). The second-order valence-corrected chi connectivity index (χ2v) is 10.5. The molecule has 0 heterocycles. The van der Waals surface area contributed by atoms with Gasteiger partial charge in [0.15, 0.2) is 0 Å². The smallest absolute Gasteiger partial charge is 0.303 e. The van der Waals surface area contributed by atoms with Crippen LogP contribution in [0.2, 0.25) is 0 Å². The van der Waals surface area contributed by atoms with Crippen molar-refractivity contribution in [2.75, 3.05) is 7.11 Å². The highest BCUT2D eigenvalue weighted by molar-refractivity contribution is 5.71. The minimum atomic E-state index is -0.813. The Morgan fingerprint density at radius 1 is 0.889 bits per heavy atom. The van der Waals surface area contributed by atoms with E-state index in [-0.39, 0.29) is 17.7 Å². The summed E-state index contributed by atoms with van der Waals surface area (Å²) in [5.41, 5.74) is 4.06. The van der Waals surface area contributed by atoms with E-state index in [1.165, 1.54) is 6.07 Å². The van der Waals surface area contributed by atoms with Crippen LogP contribution in [0.25, 0.3) is 11.1 Å². The second-order valence-electron chi connectivity index (χ2n) is 10.5. The summed E-state index contributed by atoms with van der Waals surface area (Å²) >= 11 is 0. The first kappa shape index (κ1) is 28.9. The lowest BCUT2D eigenvalue weighted by atomic mass is 9.81. The van der Waals surface area contributed by atoms with Crippen LogP contribution >= 0.6 is 0 Å². The van der Waals surface area contributed by atoms with Gasteiger partial charge in [0.05, 0.1) is 7.11 Å². The zero-order valence-corrected chi connectivity index (χ0v) is 22.5. The fraction of sp³-hybridized carbons (Fsp3) is 0.387. The van der Waals surface area contributed by atoms with Crippen LogP contribution in [0.5, 0.6) is 11.5 Å². The fourth-order valence-electron chi connectivity index (χ4n) is 3.57. The Kier molecular flexibility index (Phi) is 10.5. The van der Waals surface area contributed by atoms with Gasteiger partial charge in [-0.3, -0.25) is 4.79 Å². The molecule has 0 amide bonds. The number of rotatable bonds is 8. The van der Waals surface area contributed by atoms with Crippen LogP contribution in [0.3, 0.4) is 0 Å². The van der Waals surface area contributed by atoms with Gasteiger partial charge in [-0.1, -0.05) is 65.8 Å². The molecule has 0 aliphatic rings. The Bertz CT molecular complexity index is 1130. The van der Waals surface area contributed by atoms with Crippen molar-refractivity contribution in [3.8, 4) is 22.6 Å². The number of benzene rings is 3. The van der Waals surface area contributed by atoms with E-state index in [4.69, 9.17) is 14.6 Å². The molecule has 0 saturated heterocycles. The van der Waals surface area contributed by atoms with Gasteiger partial charge < -0.3 is 14.6 Å². The number of methoxy groups -OCH3 is 1. The number of aliphatic carboxylic acids is 1. The van der Waals surface area contributed by atoms with Gasteiger partial charge >= 0.3 is 5.97 Å². The second kappa shape index (κ2) is 13.1. The number of carboxylic acids is 1. The van der Waals surface area contributed by atoms with Crippen LogP contribution in [-0.2, 0) is 23.2 Å². The molecule has 0 bridgehead atoms. The van der Waals surface area contributed by atoms with Crippen LogP contribution in [0.15, 0.2) is 60.7 Å². The average molecular weight is 495 g/mol. The van der Waals surface area contributed by atoms with Crippen molar-refractivity contribution in [1.29, 1.82) is 0 Å². The zero-order chi connectivity index (χ0) is 26.9. The van der Waals surface area contributed by atoms with E-state index >= 15 is 0 Å². The van der Waals surface area contributed by atoms with Gasteiger partial charge in [-0.15, -0.1) is 0 Å². The number of ether oxygens (including phenoxy) is 2. The van der Waals surface area contributed by atoms with Crippen molar-refractivity contribution in [3.05, 3.63) is 83.2 Å².